The molecule has 0 aliphatic rings. The molecule has 128 valence electrons. The summed E-state index contributed by atoms with van der Waals surface area (Å²) in [4.78, 5) is 24.3. The van der Waals surface area contributed by atoms with E-state index in [1.54, 1.807) is 0 Å². The minimum Gasteiger partial charge on any atom is -0.504 e. The number of phenols is 2. The van der Waals surface area contributed by atoms with Gasteiger partial charge >= 0.3 is 5.97 Å². The van der Waals surface area contributed by atoms with Crippen LogP contribution in [-0.2, 0) is 4.74 Å². The average molecular weight is 353 g/mol. The van der Waals surface area contributed by atoms with E-state index in [2.05, 4.69) is 0 Å². The maximum atomic E-state index is 12.2. The number of esters is 1. The highest BCUT2D eigenvalue weighted by Gasteiger charge is 2.17. The molecule has 0 amide bonds. The minimum absolute atomic E-state index is 0.0581. The molecule has 0 bridgehead atoms. The third-order valence-corrected chi connectivity index (χ3v) is 3.83. The molecule has 0 saturated heterocycles. The Kier molecular flexibility index (Phi) is 5.51. The first kappa shape index (κ1) is 17.9. The number of benzene rings is 1. The van der Waals surface area contributed by atoms with E-state index in [9.17, 15) is 24.9 Å². The third kappa shape index (κ3) is 3.54. The summed E-state index contributed by atoms with van der Waals surface area (Å²) in [5.41, 5.74) is -0.989. The molecule has 6 nitrogen and oxygen atoms in total. The highest BCUT2D eigenvalue weighted by atomic mass is 35.5. The largest absolute Gasteiger partial charge is 0.504 e. The average Bonchev–Trinajstić information content (AvgIpc) is 2.66. The fourth-order valence-electron chi connectivity index (χ4n) is 2.27. The molecule has 24 heavy (non-hydrogen) atoms. The van der Waals surface area contributed by atoms with Crippen molar-refractivity contribution in [3.05, 3.63) is 39.0 Å². The van der Waals surface area contributed by atoms with Gasteiger partial charge in [-0.05, 0) is 30.0 Å². The van der Waals surface area contributed by atoms with Crippen LogP contribution in [0.3, 0.4) is 0 Å². The van der Waals surface area contributed by atoms with Crippen molar-refractivity contribution in [3.63, 3.8) is 0 Å². The van der Waals surface area contributed by atoms with E-state index in [1.807, 2.05) is 6.92 Å². The van der Waals surface area contributed by atoms with Crippen LogP contribution in [-0.4, -0.2) is 27.9 Å². The number of phenolic OH excluding ortho intramolecular Hbond substituents is 2. The molecular weight excluding hydrogens is 336 g/mol. The first-order valence-electron chi connectivity index (χ1n) is 7.45. The van der Waals surface area contributed by atoms with Crippen LogP contribution in [0.15, 0.2) is 23.0 Å². The molecule has 0 aromatic heterocycles. The van der Waals surface area contributed by atoms with Gasteiger partial charge in [0.1, 0.15) is 0 Å². The molecular formula is C17H17ClO6. The van der Waals surface area contributed by atoms with Crippen LogP contribution in [0.5, 0.6) is 17.2 Å². The summed E-state index contributed by atoms with van der Waals surface area (Å²) in [7, 11) is 0. The second-order valence-corrected chi connectivity index (χ2v) is 5.73. The Balaban J connectivity index is 2.55. The predicted molar refractivity (Wildman–Crippen MR) is 90.0 cm³/mol. The molecule has 0 aliphatic heterocycles. The van der Waals surface area contributed by atoms with E-state index in [-0.39, 0.29) is 28.0 Å². The lowest BCUT2D eigenvalue weighted by molar-refractivity contribution is 0.0498. The van der Waals surface area contributed by atoms with Crippen molar-refractivity contribution >= 4 is 28.3 Å². The number of hydrogen-bond donors (Lipinski definition) is 3. The quantitative estimate of drug-likeness (QED) is 0.433. The monoisotopic (exact) mass is 352 g/mol. The van der Waals surface area contributed by atoms with E-state index in [0.717, 1.165) is 18.9 Å². The Bertz CT molecular complexity index is 847. The first-order chi connectivity index (χ1) is 11.4. The molecule has 0 heterocycles. The van der Waals surface area contributed by atoms with Crippen LogP contribution >= 0.6 is 11.6 Å². The second-order valence-electron chi connectivity index (χ2n) is 5.32. The summed E-state index contributed by atoms with van der Waals surface area (Å²) >= 11 is 5.79. The molecule has 0 spiro atoms. The highest BCUT2D eigenvalue weighted by Crippen LogP contribution is 2.38. The van der Waals surface area contributed by atoms with E-state index in [0.29, 0.717) is 6.42 Å². The van der Waals surface area contributed by atoms with Crippen molar-refractivity contribution in [2.24, 2.45) is 0 Å². The van der Waals surface area contributed by atoms with E-state index < -0.39 is 28.6 Å². The van der Waals surface area contributed by atoms with Gasteiger partial charge in [0, 0.05) is 0 Å². The highest BCUT2D eigenvalue weighted by molar-refractivity contribution is 6.33. The van der Waals surface area contributed by atoms with Gasteiger partial charge in [-0.15, -0.1) is 0 Å². The fraction of sp³-hybridized carbons (Fsp3) is 0.294. The molecule has 7 heteroatoms. The third-order valence-electron chi connectivity index (χ3n) is 3.54. The molecule has 2 aromatic carbocycles. The zero-order valence-electron chi connectivity index (χ0n) is 13.0. The van der Waals surface area contributed by atoms with Crippen LogP contribution in [0.25, 0.3) is 10.8 Å². The van der Waals surface area contributed by atoms with Crippen molar-refractivity contribution in [2.45, 2.75) is 26.2 Å². The lowest BCUT2D eigenvalue weighted by Crippen LogP contribution is -2.05. The van der Waals surface area contributed by atoms with Crippen LogP contribution < -0.4 is 5.43 Å². The van der Waals surface area contributed by atoms with Gasteiger partial charge in [-0.2, -0.15) is 0 Å². The first-order valence-corrected chi connectivity index (χ1v) is 7.83. The van der Waals surface area contributed by atoms with Crippen LogP contribution in [0, 0.1) is 0 Å². The van der Waals surface area contributed by atoms with Crippen LogP contribution in [0.2, 0.25) is 5.02 Å². The van der Waals surface area contributed by atoms with Gasteiger partial charge in [0.2, 0.25) is 5.43 Å². The van der Waals surface area contributed by atoms with Gasteiger partial charge < -0.3 is 20.1 Å². The van der Waals surface area contributed by atoms with Gasteiger partial charge in [0.05, 0.1) is 22.6 Å². The molecule has 0 aliphatic carbocycles. The van der Waals surface area contributed by atoms with Crippen molar-refractivity contribution in [1.82, 2.24) is 0 Å². The van der Waals surface area contributed by atoms with Crippen LogP contribution in [0.4, 0.5) is 0 Å². The van der Waals surface area contributed by atoms with Gasteiger partial charge in [-0.3, -0.25) is 4.79 Å². The lowest BCUT2D eigenvalue weighted by Gasteiger charge is -2.04. The van der Waals surface area contributed by atoms with Crippen LogP contribution in [0.1, 0.15) is 36.5 Å². The van der Waals surface area contributed by atoms with Crippen molar-refractivity contribution in [3.8, 4) is 17.2 Å². The van der Waals surface area contributed by atoms with Gasteiger partial charge in [0.25, 0.3) is 0 Å². The maximum absolute atomic E-state index is 12.2. The number of carbonyl (C=O) groups is 1. The normalized spacial score (nSPS) is 10.8. The summed E-state index contributed by atoms with van der Waals surface area (Å²) in [6.45, 7) is 2.24. The van der Waals surface area contributed by atoms with Crippen molar-refractivity contribution in [2.75, 3.05) is 6.61 Å². The topological polar surface area (TPSA) is 104 Å². The fourth-order valence-corrected chi connectivity index (χ4v) is 2.47. The number of carbonyl (C=O) groups excluding carboxylic acids is 1. The molecule has 2 aromatic rings. The van der Waals surface area contributed by atoms with E-state index in [1.165, 1.54) is 12.1 Å². The SMILES string of the molecule is CCCCCOC(=O)c1cc(O)c(=O)c2c(O)c(O)c(Cl)cc2c1. The number of aromatic hydroxyl groups is 3. The van der Waals surface area contributed by atoms with Crippen molar-refractivity contribution in [1.29, 1.82) is 0 Å². The Morgan fingerprint density at radius 1 is 1.12 bits per heavy atom. The second kappa shape index (κ2) is 7.40. The minimum atomic E-state index is -0.931. The Labute approximate surface area is 142 Å². The molecule has 0 atom stereocenters. The van der Waals surface area contributed by atoms with E-state index >= 15 is 0 Å². The number of fused-ring (bicyclic) bond motifs is 1. The molecule has 0 fully saturated rings. The lowest BCUT2D eigenvalue weighted by atomic mass is 10.1. The predicted octanol–water partition coefficient (Wildman–Crippen LogP) is 3.32. The number of halogens is 1. The zero-order chi connectivity index (χ0) is 17.9. The maximum Gasteiger partial charge on any atom is 0.338 e. The Morgan fingerprint density at radius 2 is 1.83 bits per heavy atom. The van der Waals surface area contributed by atoms with Gasteiger partial charge in [0.15, 0.2) is 17.2 Å². The Morgan fingerprint density at radius 3 is 2.50 bits per heavy atom. The van der Waals surface area contributed by atoms with Gasteiger partial charge in [-0.25, -0.2) is 4.79 Å². The molecule has 0 saturated carbocycles. The smallest absolute Gasteiger partial charge is 0.338 e. The van der Waals surface area contributed by atoms with Crippen molar-refractivity contribution < 1.29 is 24.9 Å². The summed E-state index contributed by atoms with van der Waals surface area (Å²) in [5, 5.41) is 29.0. The zero-order valence-corrected chi connectivity index (χ0v) is 13.8. The molecule has 2 rings (SSSR count). The molecule has 0 radical (unpaired) electrons. The number of ether oxygens (including phenoxy) is 1. The summed E-state index contributed by atoms with van der Waals surface area (Å²) in [6, 6.07) is 3.46. The standard InChI is InChI=1S/C17H17ClO6/c1-2-3-4-5-24-17(23)10-6-9-7-11(18)14(20)16(22)13(9)15(21)12(19)8-10/h6-8,20,22H,2-5H2,1H3,(H,19,21). The van der Waals surface area contributed by atoms with E-state index in [4.69, 9.17) is 16.3 Å². The molecule has 3 N–H and O–H groups in total. The summed E-state index contributed by atoms with van der Waals surface area (Å²) < 4.78 is 5.10. The number of hydrogen-bond acceptors (Lipinski definition) is 6. The molecule has 0 unspecified atom stereocenters. The number of rotatable bonds is 5. The summed E-state index contributed by atoms with van der Waals surface area (Å²) in [6.07, 6.45) is 2.60. The number of unbranched alkanes of at least 4 members (excludes halogenated alkanes) is 2. The Hall–Kier alpha value is -2.47. The van der Waals surface area contributed by atoms with Gasteiger partial charge in [-0.1, -0.05) is 31.4 Å². The summed E-state index contributed by atoms with van der Waals surface area (Å²) in [5.74, 6) is -2.88.